The maximum absolute atomic E-state index is 10.6. The van der Waals surface area contributed by atoms with E-state index in [1.807, 2.05) is 13.1 Å². The van der Waals surface area contributed by atoms with Gasteiger partial charge >= 0.3 is 0 Å². The summed E-state index contributed by atoms with van der Waals surface area (Å²) in [5, 5.41) is 31.4. The quantitative estimate of drug-likeness (QED) is 0.606. The second-order valence-corrected chi connectivity index (χ2v) is 20.0. The Morgan fingerprint density at radius 1 is 0.808 bits per heavy atom. The predicted molar refractivity (Wildman–Crippen MR) is 108 cm³/mol. The molecule has 1 rings (SSSR count). The summed E-state index contributed by atoms with van der Waals surface area (Å²) in [5.41, 5.74) is 0. The zero-order valence-electron chi connectivity index (χ0n) is 18.2. The lowest BCUT2D eigenvalue weighted by Crippen LogP contribution is -2.63. The average Bonchev–Trinajstić information content (AvgIpc) is 2.43. The first-order chi connectivity index (χ1) is 11.4. The van der Waals surface area contributed by atoms with Crippen LogP contribution in [-0.4, -0.2) is 69.3 Å². The molecular weight excluding hydrogens is 368 g/mol. The zero-order valence-corrected chi connectivity index (χ0v) is 20.2. The van der Waals surface area contributed by atoms with Gasteiger partial charge in [0, 0.05) is 0 Å². The molecule has 3 N–H and O–H groups in total. The molecule has 1 fully saturated rings. The summed E-state index contributed by atoms with van der Waals surface area (Å²) in [6.07, 6.45) is -5.43. The molecule has 0 unspecified atom stereocenters. The molecule has 0 spiro atoms. The Kier molecular flexibility index (Phi) is 7.37. The molecule has 5 atom stereocenters. The van der Waals surface area contributed by atoms with Crippen molar-refractivity contribution in [3.8, 4) is 0 Å². The minimum atomic E-state index is -2.24. The Morgan fingerprint density at radius 2 is 1.27 bits per heavy atom. The van der Waals surface area contributed by atoms with E-state index in [0.717, 1.165) is 0 Å². The second-order valence-electron chi connectivity index (χ2n) is 10.5. The summed E-state index contributed by atoms with van der Waals surface area (Å²) < 4.78 is 17.8. The molecule has 8 heteroatoms. The molecular formula is C18H40O6Si2. The maximum atomic E-state index is 10.6. The van der Waals surface area contributed by atoms with Crippen molar-refractivity contribution < 1.29 is 28.9 Å². The van der Waals surface area contributed by atoms with Crippen LogP contribution < -0.4 is 0 Å². The Balaban J connectivity index is 2.81. The number of hydrogen-bond donors (Lipinski definition) is 3. The van der Waals surface area contributed by atoms with Gasteiger partial charge in [-0.15, -0.1) is 0 Å². The van der Waals surface area contributed by atoms with Crippen molar-refractivity contribution in [3.05, 3.63) is 0 Å². The average molecular weight is 409 g/mol. The summed E-state index contributed by atoms with van der Waals surface area (Å²) in [6, 6.07) is 0. The van der Waals surface area contributed by atoms with E-state index in [-0.39, 0.29) is 16.7 Å². The van der Waals surface area contributed by atoms with E-state index in [4.69, 9.17) is 13.6 Å². The van der Waals surface area contributed by atoms with Gasteiger partial charge in [-0.2, -0.15) is 0 Å². The second kappa shape index (κ2) is 7.90. The van der Waals surface area contributed by atoms with E-state index in [2.05, 4.69) is 54.6 Å². The molecule has 0 aromatic carbocycles. The number of hydrogen-bond acceptors (Lipinski definition) is 6. The highest BCUT2D eigenvalue weighted by atomic mass is 28.4. The van der Waals surface area contributed by atoms with Crippen LogP contribution in [0, 0.1) is 0 Å². The lowest BCUT2D eigenvalue weighted by atomic mass is 9.99. The molecule has 156 valence electrons. The summed E-state index contributed by atoms with van der Waals surface area (Å²) in [4.78, 5) is 0. The largest absolute Gasteiger partial charge is 0.414 e. The van der Waals surface area contributed by atoms with Gasteiger partial charge in [0.25, 0.3) is 0 Å². The molecule has 6 nitrogen and oxygen atoms in total. The Bertz CT molecular complexity index is 467. The minimum Gasteiger partial charge on any atom is -0.414 e. The molecule has 0 aliphatic carbocycles. The molecule has 1 heterocycles. The van der Waals surface area contributed by atoms with Crippen LogP contribution in [-0.2, 0) is 13.6 Å². The molecule has 1 saturated heterocycles. The van der Waals surface area contributed by atoms with E-state index in [1.54, 1.807) is 0 Å². The third kappa shape index (κ3) is 5.38. The van der Waals surface area contributed by atoms with E-state index in [1.165, 1.54) is 0 Å². The molecule has 0 aromatic rings. The van der Waals surface area contributed by atoms with Gasteiger partial charge in [-0.1, -0.05) is 41.5 Å². The highest BCUT2D eigenvalue weighted by Crippen LogP contribution is 2.40. The van der Waals surface area contributed by atoms with Crippen molar-refractivity contribution in [2.45, 2.75) is 109 Å². The van der Waals surface area contributed by atoms with Crippen molar-refractivity contribution in [2.75, 3.05) is 6.61 Å². The van der Waals surface area contributed by atoms with Crippen molar-refractivity contribution in [1.82, 2.24) is 0 Å². The molecule has 0 saturated carbocycles. The first-order valence-electron chi connectivity index (χ1n) is 9.42. The van der Waals surface area contributed by atoms with Crippen molar-refractivity contribution >= 4 is 16.6 Å². The van der Waals surface area contributed by atoms with Gasteiger partial charge in [0.1, 0.15) is 24.4 Å². The van der Waals surface area contributed by atoms with Crippen molar-refractivity contribution in [1.29, 1.82) is 0 Å². The first kappa shape index (κ1) is 24.2. The number of rotatable bonds is 5. The topological polar surface area (TPSA) is 88.4 Å². The lowest BCUT2D eigenvalue weighted by molar-refractivity contribution is -0.282. The van der Waals surface area contributed by atoms with Gasteiger partial charge in [-0.05, 0) is 36.3 Å². The van der Waals surface area contributed by atoms with Gasteiger partial charge < -0.3 is 28.9 Å². The van der Waals surface area contributed by atoms with Crippen LogP contribution in [0.3, 0.4) is 0 Å². The summed E-state index contributed by atoms with van der Waals surface area (Å²) in [5.74, 6) is 0. The molecule has 1 aliphatic rings. The highest BCUT2D eigenvalue weighted by Gasteiger charge is 2.50. The fourth-order valence-electron chi connectivity index (χ4n) is 2.21. The third-order valence-corrected chi connectivity index (χ3v) is 15.3. The zero-order chi connectivity index (χ0) is 20.7. The molecule has 0 radical (unpaired) electrons. The van der Waals surface area contributed by atoms with Gasteiger partial charge in [0.15, 0.2) is 22.9 Å². The summed E-state index contributed by atoms with van der Waals surface area (Å²) in [7, 11) is -4.26. The third-order valence-electron chi connectivity index (χ3n) is 6.31. The number of aliphatic hydroxyl groups is 3. The Morgan fingerprint density at radius 3 is 1.69 bits per heavy atom. The van der Waals surface area contributed by atoms with Crippen LogP contribution in [0.15, 0.2) is 0 Å². The van der Waals surface area contributed by atoms with Crippen LogP contribution >= 0.6 is 0 Å². The smallest absolute Gasteiger partial charge is 0.192 e. The fourth-order valence-corrected chi connectivity index (χ4v) is 4.51. The normalized spacial score (nSPS) is 32.0. The van der Waals surface area contributed by atoms with Crippen molar-refractivity contribution in [3.63, 3.8) is 0 Å². The standard InChI is InChI=1S/C18H40O6Si2/c1-17(2,3)25(7,8)22-11-12-13(19)14(20)15(16(21)23-12)24-26(9,10)18(4,5)6/h12-16,19-21H,11H2,1-10H3/t12-,13-,14+,15+,16+/m1/s1. The molecule has 26 heavy (non-hydrogen) atoms. The van der Waals surface area contributed by atoms with Crippen LogP contribution in [0.2, 0.25) is 36.3 Å². The molecule has 0 aromatic heterocycles. The Labute approximate surface area is 161 Å². The number of ether oxygens (including phenoxy) is 1. The fraction of sp³-hybridized carbons (Fsp3) is 1.00. The lowest BCUT2D eigenvalue weighted by Gasteiger charge is -2.47. The van der Waals surface area contributed by atoms with Gasteiger partial charge in [-0.25, -0.2) is 0 Å². The van der Waals surface area contributed by atoms with Crippen LogP contribution in [0.5, 0.6) is 0 Å². The van der Waals surface area contributed by atoms with Gasteiger partial charge in [0.05, 0.1) is 6.61 Å². The molecule has 0 amide bonds. The minimum absolute atomic E-state index is 0.0256. The van der Waals surface area contributed by atoms with Crippen LogP contribution in [0.4, 0.5) is 0 Å². The monoisotopic (exact) mass is 408 g/mol. The van der Waals surface area contributed by atoms with E-state index in [0.29, 0.717) is 0 Å². The number of aliphatic hydroxyl groups excluding tert-OH is 3. The summed E-state index contributed by atoms with van der Waals surface area (Å²) in [6.45, 7) is 21.0. The van der Waals surface area contributed by atoms with E-state index < -0.39 is 47.3 Å². The van der Waals surface area contributed by atoms with Gasteiger partial charge in [-0.3, -0.25) is 0 Å². The Hall–Kier alpha value is 0.194. The van der Waals surface area contributed by atoms with Crippen LogP contribution in [0.1, 0.15) is 41.5 Å². The van der Waals surface area contributed by atoms with Gasteiger partial charge in [0.2, 0.25) is 0 Å². The molecule has 1 aliphatic heterocycles. The van der Waals surface area contributed by atoms with Crippen LogP contribution in [0.25, 0.3) is 0 Å². The van der Waals surface area contributed by atoms with Crippen molar-refractivity contribution in [2.24, 2.45) is 0 Å². The SMILES string of the molecule is CC(C)(C)[Si](C)(C)OC[C@H]1O[C@H](O)[C@@H](O[Si](C)(C)C(C)(C)C)[C@@H](O)[C@@H]1O. The highest BCUT2D eigenvalue weighted by molar-refractivity contribution is 6.74. The predicted octanol–water partition coefficient (Wildman–Crippen LogP) is 2.84. The maximum Gasteiger partial charge on any atom is 0.192 e. The first-order valence-corrected chi connectivity index (χ1v) is 15.2. The molecule has 0 bridgehead atoms. The summed E-state index contributed by atoms with van der Waals surface area (Å²) >= 11 is 0. The van der Waals surface area contributed by atoms with E-state index >= 15 is 0 Å². The van der Waals surface area contributed by atoms with E-state index in [9.17, 15) is 15.3 Å².